The molecule has 0 aliphatic rings. The van der Waals surface area contributed by atoms with E-state index < -0.39 is 0 Å². The van der Waals surface area contributed by atoms with Crippen molar-refractivity contribution in [3.63, 3.8) is 0 Å². The minimum Gasteiger partial charge on any atom is -0.489 e. The first-order valence-electron chi connectivity index (χ1n) is 6.69. The topological polar surface area (TPSA) is 53.1 Å². The zero-order valence-electron chi connectivity index (χ0n) is 12.4. The third-order valence-corrected chi connectivity index (χ3v) is 2.77. The fourth-order valence-corrected chi connectivity index (χ4v) is 2.13. The van der Waals surface area contributed by atoms with E-state index in [0.29, 0.717) is 5.95 Å². The van der Waals surface area contributed by atoms with Crippen LogP contribution in [0.3, 0.4) is 0 Å². The van der Waals surface area contributed by atoms with Gasteiger partial charge in [0.15, 0.2) is 0 Å². The Hall–Kier alpha value is -1.71. The first-order valence-corrected chi connectivity index (χ1v) is 6.69. The summed E-state index contributed by atoms with van der Waals surface area (Å²) in [4.78, 5) is 4.47. The molecule has 0 saturated carbocycles. The van der Waals surface area contributed by atoms with E-state index in [4.69, 9.17) is 10.5 Å². The number of aromatic nitrogens is 2. The molecule has 2 N–H and O–H groups in total. The highest BCUT2D eigenvalue weighted by Gasteiger charge is 2.18. The summed E-state index contributed by atoms with van der Waals surface area (Å²) >= 11 is 0. The lowest BCUT2D eigenvalue weighted by molar-refractivity contribution is 0.245. The van der Waals surface area contributed by atoms with Gasteiger partial charge in [0, 0.05) is 6.54 Å². The molecule has 0 amide bonds. The average molecular weight is 261 g/mol. The molecule has 1 aromatic heterocycles. The monoisotopic (exact) mass is 261 g/mol. The van der Waals surface area contributed by atoms with E-state index in [2.05, 4.69) is 30.3 Å². The summed E-state index contributed by atoms with van der Waals surface area (Å²) < 4.78 is 7.85. The van der Waals surface area contributed by atoms with Crippen LogP contribution in [0.15, 0.2) is 18.2 Å². The largest absolute Gasteiger partial charge is 0.489 e. The van der Waals surface area contributed by atoms with Gasteiger partial charge in [-0.25, -0.2) is 4.98 Å². The van der Waals surface area contributed by atoms with Gasteiger partial charge in [0.25, 0.3) is 0 Å². The first kappa shape index (κ1) is 13.7. The summed E-state index contributed by atoms with van der Waals surface area (Å²) in [7, 11) is 0. The summed E-state index contributed by atoms with van der Waals surface area (Å²) in [5.41, 5.74) is 8.08. The molecular weight excluding hydrogens is 238 g/mol. The van der Waals surface area contributed by atoms with Gasteiger partial charge in [-0.1, -0.05) is 26.8 Å². The highest BCUT2D eigenvalue weighted by atomic mass is 16.5. The van der Waals surface area contributed by atoms with Gasteiger partial charge >= 0.3 is 0 Å². The van der Waals surface area contributed by atoms with E-state index in [1.165, 1.54) is 0 Å². The smallest absolute Gasteiger partial charge is 0.201 e. The van der Waals surface area contributed by atoms with Gasteiger partial charge in [-0.05, 0) is 31.4 Å². The minimum absolute atomic E-state index is 0.125. The van der Waals surface area contributed by atoms with Crippen molar-refractivity contribution < 1.29 is 4.74 Å². The Balaban J connectivity index is 2.52. The van der Waals surface area contributed by atoms with Crippen molar-refractivity contribution in [2.45, 2.75) is 47.3 Å². The Bertz CT molecular complexity index is 579. The quantitative estimate of drug-likeness (QED) is 0.920. The van der Waals surface area contributed by atoms with Gasteiger partial charge in [-0.15, -0.1) is 0 Å². The Morgan fingerprint density at radius 1 is 1.32 bits per heavy atom. The van der Waals surface area contributed by atoms with Crippen molar-refractivity contribution in [3.05, 3.63) is 18.2 Å². The van der Waals surface area contributed by atoms with Crippen molar-refractivity contribution in [2.75, 3.05) is 5.73 Å². The zero-order chi connectivity index (χ0) is 14.2. The molecule has 0 unspecified atom stereocenters. The number of para-hydroxylation sites is 1. The summed E-state index contributed by atoms with van der Waals surface area (Å²) in [5.74, 6) is 1.34. The number of fused-ring (bicyclic) bond motifs is 1. The number of ether oxygens (including phenoxy) is 1. The lowest BCUT2D eigenvalue weighted by Crippen LogP contribution is -2.17. The molecular formula is C15H23N3O. The van der Waals surface area contributed by atoms with Crippen LogP contribution in [0.5, 0.6) is 5.75 Å². The van der Waals surface area contributed by atoms with Gasteiger partial charge < -0.3 is 15.0 Å². The number of nitrogens with zero attached hydrogens (tertiary/aromatic N) is 2. The van der Waals surface area contributed by atoms with Crippen molar-refractivity contribution in [3.8, 4) is 5.75 Å². The van der Waals surface area contributed by atoms with Crippen LogP contribution < -0.4 is 10.5 Å². The molecule has 0 radical (unpaired) electrons. The van der Waals surface area contributed by atoms with Crippen LogP contribution in [0.1, 0.15) is 34.6 Å². The summed E-state index contributed by atoms with van der Waals surface area (Å²) in [6.07, 6.45) is 0.125. The maximum absolute atomic E-state index is 6.06. The summed E-state index contributed by atoms with van der Waals surface area (Å²) in [5, 5.41) is 0. The van der Waals surface area contributed by atoms with Crippen LogP contribution in [0, 0.1) is 5.41 Å². The molecule has 2 rings (SSSR count). The first-order chi connectivity index (χ1) is 8.78. The van der Waals surface area contributed by atoms with Gasteiger partial charge in [0.1, 0.15) is 11.3 Å². The number of hydrogen-bond acceptors (Lipinski definition) is 3. The van der Waals surface area contributed by atoms with Crippen LogP contribution >= 0.6 is 0 Å². The number of hydrogen-bond donors (Lipinski definition) is 1. The average Bonchev–Trinajstić information content (AvgIpc) is 2.55. The van der Waals surface area contributed by atoms with Crippen LogP contribution in [0.4, 0.5) is 5.95 Å². The third-order valence-electron chi connectivity index (χ3n) is 2.77. The van der Waals surface area contributed by atoms with E-state index in [1.54, 1.807) is 0 Å². The lowest BCUT2D eigenvalue weighted by atomic mass is 9.97. The second-order valence-corrected chi connectivity index (χ2v) is 6.41. The fourth-order valence-electron chi connectivity index (χ4n) is 2.13. The fraction of sp³-hybridized carbons (Fsp3) is 0.533. The number of nitrogens with two attached hydrogens (primary N) is 1. The molecule has 2 aromatic rings. The highest BCUT2D eigenvalue weighted by molar-refractivity contribution is 5.84. The second-order valence-electron chi connectivity index (χ2n) is 6.41. The third kappa shape index (κ3) is 3.00. The Morgan fingerprint density at radius 3 is 2.58 bits per heavy atom. The van der Waals surface area contributed by atoms with Gasteiger partial charge in [0.2, 0.25) is 5.95 Å². The maximum atomic E-state index is 6.06. The molecule has 1 aromatic carbocycles. The SMILES string of the molecule is CC(C)Oc1cccc2c1nc(N)n2CC(C)(C)C. The molecule has 4 nitrogen and oxygen atoms in total. The molecule has 0 saturated heterocycles. The van der Waals surface area contributed by atoms with Gasteiger partial charge in [-0.3, -0.25) is 0 Å². The predicted molar refractivity (Wildman–Crippen MR) is 79.4 cm³/mol. The lowest BCUT2D eigenvalue weighted by Gasteiger charge is -2.20. The molecule has 0 bridgehead atoms. The molecule has 0 atom stereocenters. The summed E-state index contributed by atoms with van der Waals surface area (Å²) in [6, 6.07) is 5.97. The Morgan fingerprint density at radius 2 is 2.00 bits per heavy atom. The molecule has 4 heteroatoms. The van der Waals surface area contributed by atoms with Crippen LogP contribution in [0.2, 0.25) is 0 Å². The minimum atomic E-state index is 0.125. The Labute approximate surface area is 114 Å². The van der Waals surface area contributed by atoms with E-state index >= 15 is 0 Å². The Kier molecular flexibility index (Phi) is 3.43. The van der Waals surface area contributed by atoms with Crippen LogP contribution in [-0.4, -0.2) is 15.7 Å². The number of imidazole rings is 1. The predicted octanol–water partition coefficient (Wildman–Crippen LogP) is 3.45. The van der Waals surface area contributed by atoms with Crippen LogP contribution in [0.25, 0.3) is 11.0 Å². The van der Waals surface area contributed by atoms with E-state index in [1.807, 2.05) is 32.0 Å². The standard InChI is InChI=1S/C15H23N3O/c1-10(2)19-12-8-6-7-11-13(12)17-14(16)18(11)9-15(3,4)5/h6-8,10H,9H2,1-5H3,(H2,16,17). The molecule has 0 aliphatic heterocycles. The number of anilines is 1. The number of benzene rings is 1. The molecule has 0 spiro atoms. The molecule has 104 valence electrons. The van der Waals surface area contributed by atoms with Crippen molar-refractivity contribution in [1.82, 2.24) is 9.55 Å². The number of rotatable bonds is 3. The normalized spacial score (nSPS) is 12.3. The van der Waals surface area contributed by atoms with Gasteiger partial charge in [0.05, 0.1) is 11.6 Å². The molecule has 19 heavy (non-hydrogen) atoms. The van der Waals surface area contributed by atoms with Crippen molar-refractivity contribution in [1.29, 1.82) is 0 Å². The van der Waals surface area contributed by atoms with Crippen LogP contribution in [-0.2, 0) is 6.54 Å². The molecule has 1 heterocycles. The van der Waals surface area contributed by atoms with Crippen molar-refractivity contribution >= 4 is 17.0 Å². The van der Waals surface area contributed by atoms with E-state index in [0.717, 1.165) is 23.3 Å². The van der Waals surface area contributed by atoms with E-state index in [-0.39, 0.29) is 11.5 Å². The van der Waals surface area contributed by atoms with Gasteiger partial charge in [-0.2, -0.15) is 0 Å². The maximum Gasteiger partial charge on any atom is 0.201 e. The number of nitrogen functional groups attached to an aromatic ring is 1. The van der Waals surface area contributed by atoms with Crippen molar-refractivity contribution in [2.24, 2.45) is 5.41 Å². The second kappa shape index (κ2) is 4.76. The molecule has 0 fully saturated rings. The highest BCUT2D eigenvalue weighted by Crippen LogP contribution is 2.30. The molecule has 0 aliphatic carbocycles. The zero-order valence-corrected chi connectivity index (χ0v) is 12.4. The van der Waals surface area contributed by atoms with E-state index in [9.17, 15) is 0 Å². The summed E-state index contributed by atoms with van der Waals surface area (Å²) in [6.45, 7) is 11.4.